The van der Waals surface area contributed by atoms with Crippen molar-refractivity contribution in [2.24, 2.45) is 5.92 Å². The molecule has 1 aromatic heterocycles. The minimum Gasteiger partial charge on any atom is -0.388 e. The van der Waals surface area contributed by atoms with Crippen molar-refractivity contribution in [1.82, 2.24) is 9.88 Å². The molecule has 18 heavy (non-hydrogen) atoms. The van der Waals surface area contributed by atoms with Crippen LogP contribution in [0.5, 0.6) is 0 Å². The first kappa shape index (κ1) is 13.1. The van der Waals surface area contributed by atoms with Crippen molar-refractivity contribution in [3.63, 3.8) is 0 Å². The van der Waals surface area contributed by atoms with Gasteiger partial charge < -0.3 is 15.0 Å². The zero-order chi connectivity index (χ0) is 13.3. The highest BCUT2D eigenvalue weighted by atomic mass is 16.3. The maximum Gasteiger partial charge on any atom is 0.240 e. The standard InChI is InChI=1S/C14H22N2O2/c1-14(2,3)15-12(17)9-16-7-6-11(8-16)13(18)10-4-5-10/h6-8,10,13,18H,4-5,9H2,1-3H3,(H,15,17). The Hall–Kier alpha value is -1.29. The van der Waals surface area contributed by atoms with Crippen molar-refractivity contribution >= 4 is 5.91 Å². The van der Waals surface area contributed by atoms with E-state index in [-0.39, 0.29) is 17.6 Å². The highest BCUT2D eigenvalue weighted by molar-refractivity contribution is 5.76. The molecule has 1 aromatic rings. The van der Waals surface area contributed by atoms with Crippen LogP contribution in [0.25, 0.3) is 0 Å². The van der Waals surface area contributed by atoms with E-state index in [4.69, 9.17) is 0 Å². The van der Waals surface area contributed by atoms with E-state index in [0.717, 1.165) is 18.4 Å². The summed E-state index contributed by atoms with van der Waals surface area (Å²) in [5.41, 5.74) is 0.710. The summed E-state index contributed by atoms with van der Waals surface area (Å²) in [5, 5.41) is 12.9. The molecular weight excluding hydrogens is 228 g/mol. The fourth-order valence-corrected chi connectivity index (χ4v) is 2.04. The molecule has 1 heterocycles. The Labute approximate surface area is 108 Å². The third-order valence-corrected chi connectivity index (χ3v) is 3.02. The lowest BCUT2D eigenvalue weighted by Gasteiger charge is -2.20. The van der Waals surface area contributed by atoms with E-state index in [1.165, 1.54) is 0 Å². The molecule has 1 fully saturated rings. The molecular formula is C14H22N2O2. The predicted octanol–water partition coefficient (Wildman–Crippen LogP) is 1.85. The quantitative estimate of drug-likeness (QED) is 0.856. The Morgan fingerprint density at radius 3 is 2.78 bits per heavy atom. The Balaban J connectivity index is 1.92. The number of rotatable bonds is 4. The van der Waals surface area contributed by atoms with Gasteiger partial charge in [-0.3, -0.25) is 4.79 Å². The molecule has 1 saturated carbocycles. The Bertz CT molecular complexity index is 427. The fourth-order valence-electron chi connectivity index (χ4n) is 2.04. The van der Waals surface area contributed by atoms with Crippen molar-refractivity contribution in [1.29, 1.82) is 0 Å². The number of hydrogen-bond acceptors (Lipinski definition) is 2. The van der Waals surface area contributed by atoms with E-state index >= 15 is 0 Å². The largest absolute Gasteiger partial charge is 0.388 e. The molecule has 2 N–H and O–H groups in total. The molecule has 0 spiro atoms. The van der Waals surface area contributed by atoms with E-state index in [9.17, 15) is 9.90 Å². The molecule has 0 bridgehead atoms. The number of hydrogen-bond donors (Lipinski definition) is 2. The smallest absolute Gasteiger partial charge is 0.240 e. The monoisotopic (exact) mass is 250 g/mol. The first-order chi connectivity index (χ1) is 8.35. The Morgan fingerprint density at radius 1 is 1.56 bits per heavy atom. The molecule has 0 aliphatic heterocycles. The predicted molar refractivity (Wildman–Crippen MR) is 70.0 cm³/mol. The van der Waals surface area contributed by atoms with Gasteiger partial charge >= 0.3 is 0 Å². The van der Waals surface area contributed by atoms with Crippen LogP contribution in [0.3, 0.4) is 0 Å². The molecule has 2 rings (SSSR count). The van der Waals surface area contributed by atoms with E-state index in [2.05, 4.69) is 5.32 Å². The normalized spacial score (nSPS) is 17.6. The molecule has 1 atom stereocenters. The van der Waals surface area contributed by atoms with Crippen LogP contribution >= 0.6 is 0 Å². The molecule has 0 aromatic carbocycles. The van der Waals surface area contributed by atoms with E-state index in [0.29, 0.717) is 12.5 Å². The lowest BCUT2D eigenvalue weighted by Crippen LogP contribution is -2.42. The van der Waals surface area contributed by atoms with Crippen LogP contribution in [-0.2, 0) is 11.3 Å². The summed E-state index contributed by atoms with van der Waals surface area (Å²) < 4.78 is 1.82. The van der Waals surface area contributed by atoms with Crippen LogP contribution in [0.4, 0.5) is 0 Å². The van der Waals surface area contributed by atoms with Gasteiger partial charge in [-0.1, -0.05) is 0 Å². The second kappa shape index (κ2) is 4.76. The number of nitrogens with one attached hydrogen (secondary N) is 1. The number of carbonyl (C=O) groups is 1. The summed E-state index contributed by atoms with van der Waals surface area (Å²) in [6.07, 6.45) is 5.57. The van der Waals surface area contributed by atoms with Crippen molar-refractivity contribution in [2.75, 3.05) is 0 Å². The molecule has 1 aliphatic rings. The van der Waals surface area contributed by atoms with Gasteiger partial charge in [0.1, 0.15) is 6.54 Å². The molecule has 100 valence electrons. The minimum atomic E-state index is -0.364. The summed E-state index contributed by atoms with van der Waals surface area (Å²) in [4.78, 5) is 11.8. The van der Waals surface area contributed by atoms with Gasteiger partial charge in [0.15, 0.2) is 0 Å². The van der Waals surface area contributed by atoms with E-state index in [1.54, 1.807) is 0 Å². The fraction of sp³-hybridized carbons (Fsp3) is 0.643. The van der Waals surface area contributed by atoms with Gasteiger partial charge in [-0.15, -0.1) is 0 Å². The first-order valence-corrected chi connectivity index (χ1v) is 6.50. The zero-order valence-electron chi connectivity index (χ0n) is 11.3. The molecule has 4 nitrogen and oxygen atoms in total. The molecule has 1 aliphatic carbocycles. The van der Waals surface area contributed by atoms with E-state index in [1.807, 2.05) is 43.8 Å². The van der Waals surface area contributed by atoms with Crippen LogP contribution in [0.15, 0.2) is 18.5 Å². The number of aromatic nitrogens is 1. The van der Waals surface area contributed by atoms with Gasteiger partial charge in [0, 0.05) is 17.9 Å². The third-order valence-electron chi connectivity index (χ3n) is 3.02. The highest BCUT2D eigenvalue weighted by Crippen LogP contribution is 2.40. The second-order valence-corrected chi connectivity index (χ2v) is 6.20. The molecule has 4 heteroatoms. The van der Waals surface area contributed by atoms with Gasteiger partial charge in [-0.05, 0) is 51.2 Å². The van der Waals surface area contributed by atoms with Crippen LogP contribution in [-0.4, -0.2) is 21.1 Å². The lowest BCUT2D eigenvalue weighted by atomic mass is 10.1. The zero-order valence-corrected chi connectivity index (χ0v) is 11.3. The summed E-state index contributed by atoms with van der Waals surface area (Å²) in [5.74, 6) is 0.412. The molecule has 0 saturated heterocycles. The number of amides is 1. The maximum atomic E-state index is 11.8. The lowest BCUT2D eigenvalue weighted by molar-refractivity contribution is -0.123. The Morgan fingerprint density at radius 2 is 2.22 bits per heavy atom. The summed E-state index contributed by atoms with van der Waals surface area (Å²) >= 11 is 0. The van der Waals surface area contributed by atoms with Gasteiger partial charge in [-0.25, -0.2) is 0 Å². The first-order valence-electron chi connectivity index (χ1n) is 6.50. The average molecular weight is 250 g/mol. The number of carbonyl (C=O) groups excluding carboxylic acids is 1. The minimum absolute atomic E-state index is 0.00874. The molecule has 1 amide bonds. The molecule has 1 unspecified atom stereocenters. The van der Waals surface area contributed by atoms with Crippen molar-refractivity contribution in [3.8, 4) is 0 Å². The van der Waals surface area contributed by atoms with Crippen LogP contribution in [0.1, 0.15) is 45.3 Å². The summed E-state index contributed by atoms with van der Waals surface area (Å²) in [6, 6.07) is 1.90. The number of aliphatic hydroxyl groups is 1. The summed E-state index contributed by atoms with van der Waals surface area (Å²) in [6.45, 7) is 6.18. The van der Waals surface area contributed by atoms with Crippen molar-refractivity contribution in [2.45, 2.75) is 51.8 Å². The van der Waals surface area contributed by atoms with Crippen LogP contribution < -0.4 is 5.32 Å². The second-order valence-electron chi connectivity index (χ2n) is 6.20. The topological polar surface area (TPSA) is 54.3 Å². The van der Waals surface area contributed by atoms with Crippen molar-refractivity contribution in [3.05, 3.63) is 24.0 Å². The average Bonchev–Trinajstić information content (AvgIpc) is 2.96. The SMILES string of the molecule is CC(C)(C)NC(=O)Cn1ccc(C(O)C2CC2)c1. The van der Waals surface area contributed by atoms with Gasteiger partial charge in [0.25, 0.3) is 0 Å². The highest BCUT2D eigenvalue weighted by Gasteiger charge is 2.31. The van der Waals surface area contributed by atoms with Crippen molar-refractivity contribution < 1.29 is 9.90 Å². The van der Waals surface area contributed by atoms with Gasteiger partial charge in [0.2, 0.25) is 5.91 Å². The maximum absolute atomic E-state index is 11.8. The van der Waals surface area contributed by atoms with Gasteiger partial charge in [0.05, 0.1) is 6.10 Å². The summed E-state index contributed by atoms with van der Waals surface area (Å²) in [7, 11) is 0. The number of nitrogens with zero attached hydrogens (tertiary/aromatic N) is 1. The number of aliphatic hydroxyl groups excluding tert-OH is 1. The molecule has 0 radical (unpaired) electrons. The van der Waals surface area contributed by atoms with E-state index < -0.39 is 0 Å². The Kier molecular flexibility index (Phi) is 3.48. The third kappa shape index (κ3) is 3.60. The van der Waals surface area contributed by atoms with Gasteiger partial charge in [-0.2, -0.15) is 0 Å². The van der Waals surface area contributed by atoms with Crippen LogP contribution in [0, 0.1) is 5.92 Å². The van der Waals surface area contributed by atoms with Crippen LogP contribution in [0.2, 0.25) is 0 Å².